The molecule has 2 amide bonds. The number of carbonyl (C=O) groups excluding carboxylic acids is 2. The molecular formula is C21H22N2O2. The third-order valence-corrected chi connectivity index (χ3v) is 5.56. The van der Waals surface area contributed by atoms with Crippen LogP contribution in [0.15, 0.2) is 54.6 Å². The molecule has 0 bridgehead atoms. The zero-order chi connectivity index (χ0) is 17.4. The van der Waals surface area contributed by atoms with Gasteiger partial charge in [0.1, 0.15) is 5.54 Å². The molecule has 4 heteroatoms. The van der Waals surface area contributed by atoms with Crippen LogP contribution in [0.1, 0.15) is 34.8 Å². The lowest BCUT2D eigenvalue weighted by Gasteiger charge is -2.49. The molecule has 0 spiro atoms. The summed E-state index contributed by atoms with van der Waals surface area (Å²) in [6, 6.07) is 17.6. The number of hydrogen-bond donors (Lipinski definition) is 1. The predicted octanol–water partition coefficient (Wildman–Crippen LogP) is 2.57. The van der Waals surface area contributed by atoms with Crippen LogP contribution in [0.4, 0.5) is 0 Å². The molecule has 1 unspecified atom stereocenters. The van der Waals surface area contributed by atoms with E-state index in [0.717, 1.165) is 12.8 Å². The van der Waals surface area contributed by atoms with Crippen molar-refractivity contribution in [2.24, 2.45) is 0 Å². The van der Waals surface area contributed by atoms with Crippen molar-refractivity contribution in [2.75, 3.05) is 6.54 Å². The number of amides is 2. The molecule has 128 valence electrons. The van der Waals surface area contributed by atoms with E-state index < -0.39 is 5.54 Å². The van der Waals surface area contributed by atoms with Gasteiger partial charge >= 0.3 is 0 Å². The molecule has 1 atom stereocenters. The van der Waals surface area contributed by atoms with Crippen LogP contribution < -0.4 is 5.32 Å². The maximum atomic E-state index is 12.9. The summed E-state index contributed by atoms with van der Waals surface area (Å²) >= 11 is 0. The van der Waals surface area contributed by atoms with Crippen molar-refractivity contribution in [1.29, 1.82) is 0 Å². The second kappa shape index (κ2) is 6.03. The van der Waals surface area contributed by atoms with E-state index in [2.05, 4.69) is 17.4 Å². The molecule has 0 saturated carbocycles. The molecule has 1 saturated heterocycles. The Hall–Kier alpha value is -2.62. The number of nitrogens with one attached hydrogen (secondary N) is 1. The highest BCUT2D eigenvalue weighted by Crippen LogP contribution is 2.33. The van der Waals surface area contributed by atoms with Gasteiger partial charge < -0.3 is 10.2 Å². The molecule has 1 aliphatic heterocycles. The number of carbonyl (C=O) groups is 2. The van der Waals surface area contributed by atoms with E-state index in [0.29, 0.717) is 18.5 Å². The quantitative estimate of drug-likeness (QED) is 0.938. The predicted molar refractivity (Wildman–Crippen MR) is 96.3 cm³/mol. The van der Waals surface area contributed by atoms with Crippen molar-refractivity contribution in [3.63, 3.8) is 0 Å². The number of fused-ring (bicyclic) bond motifs is 1. The molecule has 4 nitrogen and oxygen atoms in total. The molecule has 2 aliphatic rings. The summed E-state index contributed by atoms with van der Waals surface area (Å²) in [5.74, 6) is -0.111. The first-order chi connectivity index (χ1) is 12.1. The molecule has 1 N–H and O–H groups in total. The van der Waals surface area contributed by atoms with Crippen LogP contribution >= 0.6 is 0 Å². The first kappa shape index (κ1) is 15.9. The van der Waals surface area contributed by atoms with Gasteiger partial charge in [-0.05, 0) is 49.4 Å². The van der Waals surface area contributed by atoms with Crippen molar-refractivity contribution in [1.82, 2.24) is 10.2 Å². The highest BCUT2D eigenvalue weighted by atomic mass is 16.2. The second-order valence-electron chi connectivity index (χ2n) is 7.19. The number of hydrogen-bond acceptors (Lipinski definition) is 2. The van der Waals surface area contributed by atoms with Gasteiger partial charge in [0, 0.05) is 18.2 Å². The number of benzene rings is 2. The third kappa shape index (κ3) is 2.72. The molecule has 1 fully saturated rings. The normalized spacial score (nSPS) is 22.2. The van der Waals surface area contributed by atoms with Gasteiger partial charge in [0.15, 0.2) is 0 Å². The Morgan fingerprint density at radius 3 is 2.16 bits per heavy atom. The zero-order valence-corrected chi connectivity index (χ0v) is 14.4. The largest absolute Gasteiger partial charge is 0.351 e. The fourth-order valence-electron chi connectivity index (χ4n) is 3.86. The van der Waals surface area contributed by atoms with E-state index >= 15 is 0 Å². The van der Waals surface area contributed by atoms with Gasteiger partial charge in [-0.3, -0.25) is 9.59 Å². The lowest BCUT2D eigenvalue weighted by molar-refractivity contribution is -0.138. The maximum absolute atomic E-state index is 12.9. The molecule has 1 aliphatic carbocycles. The summed E-state index contributed by atoms with van der Waals surface area (Å²) in [6.45, 7) is 2.50. The van der Waals surface area contributed by atoms with Crippen LogP contribution in [0.2, 0.25) is 0 Å². The molecule has 2 aromatic carbocycles. The van der Waals surface area contributed by atoms with Gasteiger partial charge in [0.25, 0.3) is 5.91 Å². The van der Waals surface area contributed by atoms with Gasteiger partial charge in [0.2, 0.25) is 5.91 Å². The lowest BCUT2D eigenvalue weighted by Crippen LogP contribution is -2.68. The van der Waals surface area contributed by atoms with Crippen molar-refractivity contribution in [3.8, 4) is 0 Å². The maximum Gasteiger partial charge on any atom is 0.254 e. The summed E-state index contributed by atoms with van der Waals surface area (Å²) in [6.07, 6.45) is 2.44. The summed E-state index contributed by atoms with van der Waals surface area (Å²) in [7, 11) is 0. The monoisotopic (exact) mass is 334 g/mol. The average Bonchev–Trinajstić information content (AvgIpc) is 3.03. The molecule has 4 rings (SSSR count). The van der Waals surface area contributed by atoms with Crippen LogP contribution in [-0.2, 0) is 17.6 Å². The Balaban J connectivity index is 1.44. The molecule has 1 heterocycles. The highest BCUT2D eigenvalue weighted by molar-refractivity contribution is 6.00. The average molecular weight is 334 g/mol. The topological polar surface area (TPSA) is 49.4 Å². The van der Waals surface area contributed by atoms with E-state index in [-0.39, 0.29) is 17.9 Å². The van der Waals surface area contributed by atoms with E-state index in [9.17, 15) is 9.59 Å². The Bertz CT molecular complexity index is 793. The van der Waals surface area contributed by atoms with Crippen LogP contribution in [-0.4, -0.2) is 34.8 Å². The third-order valence-electron chi connectivity index (χ3n) is 5.56. The smallest absolute Gasteiger partial charge is 0.254 e. The zero-order valence-electron chi connectivity index (χ0n) is 14.4. The van der Waals surface area contributed by atoms with Gasteiger partial charge in [-0.1, -0.05) is 42.5 Å². The molecule has 25 heavy (non-hydrogen) atoms. The van der Waals surface area contributed by atoms with Gasteiger partial charge in [-0.15, -0.1) is 0 Å². The van der Waals surface area contributed by atoms with E-state index in [1.165, 1.54) is 11.1 Å². The summed E-state index contributed by atoms with van der Waals surface area (Å²) in [5, 5.41) is 3.17. The first-order valence-corrected chi connectivity index (χ1v) is 8.83. The van der Waals surface area contributed by atoms with Crippen LogP contribution in [0, 0.1) is 0 Å². The molecule has 0 aromatic heterocycles. The Morgan fingerprint density at radius 1 is 1.00 bits per heavy atom. The van der Waals surface area contributed by atoms with Crippen LogP contribution in [0.5, 0.6) is 0 Å². The minimum Gasteiger partial charge on any atom is -0.351 e. The highest BCUT2D eigenvalue weighted by Gasteiger charge is 2.50. The Kier molecular flexibility index (Phi) is 3.83. The molecule has 2 aromatic rings. The van der Waals surface area contributed by atoms with Crippen molar-refractivity contribution in [3.05, 3.63) is 71.3 Å². The standard InChI is InChI=1S/C21H22N2O2/c1-21(11-12-23(21)19(24)15-7-3-2-4-8-15)20(25)22-18-13-16-9-5-6-10-17(16)14-18/h2-10,18H,11-14H2,1H3,(H,22,25). The Labute approximate surface area is 147 Å². The fourth-order valence-corrected chi connectivity index (χ4v) is 3.86. The first-order valence-electron chi connectivity index (χ1n) is 8.83. The second-order valence-corrected chi connectivity index (χ2v) is 7.19. The van der Waals surface area contributed by atoms with E-state index in [1.807, 2.05) is 37.3 Å². The van der Waals surface area contributed by atoms with Crippen LogP contribution in [0.3, 0.4) is 0 Å². The summed E-state index contributed by atoms with van der Waals surface area (Å²) in [4.78, 5) is 27.3. The number of nitrogens with zero attached hydrogens (tertiary/aromatic N) is 1. The van der Waals surface area contributed by atoms with E-state index in [1.54, 1.807) is 17.0 Å². The van der Waals surface area contributed by atoms with Gasteiger partial charge in [-0.2, -0.15) is 0 Å². The number of likely N-dealkylation sites (tertiary alicyclic amines) is 1. The minimum absolute atomic E-state index is 0.0409. The molecule has 0 radical (unpaired) electrons. The number of rotatable bonds is 3. The minimum atomic E-state index is -0.748. The molecular weight excluding hydrogens is 312 g/mol. The van der Waals surface area contributed by atoms with E-state index in [4.69, 9.17) is 0 Å². The van der Waals surface area contributed by atoms with Crippen LogP contribution in [0.25, 0.3) is 0 Å². The van der Waals surface area contributed by atoms with Crippen molar-refractivity contribution >= 4 is 11.8 Å². The lowest BCUT2D eigenvalue weighted by atomic mass is 9.84. The fraction of sp³-hybridized carbons (Fsp3) is 0.333. The Morgan fingerprint density at radius 2 is 1.60 bits per heavy atom. The summed E-state index contributed by atoms with van der Waals surface area (Å²) in [5.41, 5.74) is 2.50. The van der Waals surface area contributed by atoms with Crippen molar-refractivity contribution < 1.29 is 9.59 Å². The van der Waals surface area contributed by atoms with Gasteiger partial charge in [-0.25, -0.2) is 0 Å². The SMILES string of the molecule is CC1(C(=O)NC2Cc3ccccc3C2)CCN1C(=O)c1ccccc1. The summed E-state index contributed by atoms with van der Waals surface area (Å²) < 4.78 is 0. The van der Waals surface area contributed by atoms with Gasteiger partial charge in [0.05, 0.1) is 0 Å². The van der Waals surface area contributed by atoms with Crippen molar-refractivity contribution in [2.45, 2.75) is 37.8 Å².